The number of rotatable bonds is 11. The predicted molar refractivity (Wildman–Crippen MR) is 106 cm³/mol. The van der Waals surface area contributed by atoms with Crippen LogP contribution < -0.4 is 10.0 Å². The first-order chi connectivity index (χ1) is 13.8. The Kier molecular flexibility index (Phi) is 11.4. The monoisotopic (exact) mass is 431 g/mol. The molecular weight excluding hydrogens is 402 g/mol. The number of azide groups is 1. The molecule has 1 heterocycles. The first-order valence-corrected chi connectivity index (χ1v) is 9.89. The summed E-state index contributed by atoms with van der Waals surface area (Å²) in [6.45, 7) is 5.34. The largest absolute Gasteiger partial charge is 0.459 e. The molecule has 0 spiro atoms. The van der Waals surface area contributed by atoms with E-state index in [2.05, 4.69) is 32.9 Å². The van der Waals surface area contributed by atoms with Crippen molar-refractivity contribution in [1.29, 1.82) is 0 Å². The molecule has 11 nitrogen and oxygen atoms in total. The van der Waals surface area contributed by atoms with E-state index in [1.165, 1.54) is 6.92 Å². The first-order valence-electron chi connectivity index (χ1n) is 9.44. The quantitative estimate of drug-likeness (QED) is 0.113. The Bertz CT molecular complexity index is 615. The van der Waals surface area contributed by atoms with Gasteiger partial charge in [-0.3, -0.25) is 14.4 Å². The molecule has 1 aliphatic heterocycles. The average molecular weight is 432 g/mol. The molecule has 3 unspecified atom stereocenters. The van der Waals surface area contributed by atoms with Crippen LogP contribution in [-0.2, 0) is 28.6 Å². The van der Waals surface area contributed by atoms with Crippen molar-refractivity contribution in [2.45, 2.75) is 58.5 Å². The lowest BCUT2D eigenvalue weighted by molar-refractivity contribution is -0.265. The third kappa shape index (κ3) is 8.90. The van der Waals surface area contributed by atoms with Gasteiger partial charge in [-0.2, -0.15) is 0 Å². The van der Waals surface area contributed by atoms with Gasteiger partial charge in [0, 0.05) is 43.2 Å². The van der Waals surface area contributed by atoms with Gasteiger partial charge in [-0.1, -0.05) is 31.8 Å². The second-order valence-corrected chi connectivity index (χ2v) is 7.11. The lowest BCUT2D eigenvalue weighted by Gasteiger charge is -2.43. The molecular formula is C17H29N5O6S. The van der Waals surface area contributed by atoms with Gasteiger partial charge in [0.05, 0.1) is 0 Å². The molecule has 1 rings (SSSR count). The van der Waals surface area contributed by atoms with Crippen LogP contribution in [0.15, 0.2) is 5.11 Å². The molecule has 2 amide bonds. The van der Waals surface area contributed by atoms with Gasteiger partial charge in [0.2, 0.25) is 11.8 Å². The van der Waals surface area contributed by atoms with Crippen LogP contribution in [0, 0.1) is 11.8 Å². The summed E-state index contributed by atoms with van der Waals surface area (Å²) in [5, 5.41) is 5.82. The van der Waals surface area contributed by atoms with Gasteiger partial charge in [0.1, 0.15) is 18.8 Å². The summed E-state index contributed by atoms with van der Waals surface area (Å²) in [6, 6.07) is 0. The summed E-state index contributed by atoms with van der Waals surface area (Å²) in [5.41, 5.74) is 8.29. The predicted octanol–water partition coefficient (Wildman–Crippen LogP) is 1.49. The zero-order valence-electron chi connectivity index (χ0n) is 16.9. The summed E-state index contributed by atoms with van der Waals surface area (Å²) in [7, 11) is 0. The molecule has 0 saturated carbocycles. The van der Waals surface area contributed by atoms with Gasteiger partial charge >= 0.3 is 5.97 Å². The number of nitrogens with one attached hydrogen (secondary N) is 2. The number of ether oxygens (including phenoxy) is 3. The molecule has 0 aromatic rings. The van der Waals surface area contributed by atoms with Crippen molar-refractivity contribution in [3.05, 3.63) is 10.4 Å². The van der Waals surface area contributed by atoms with Crippen LogP contribution in [0.1, 0.15) is 40.0 Å². The Morgan fingerprint density at radius 2 is 1.93 bits per heavy atom. The molecule has 0 radical (unpaired) electrons. The zero-order valence-corrected chi connectivity index (χ0v) is 17.8. The zero-order chi connectivity index (χ0) is 21.8. The molecule has 5 atom stereocenters. The van der Waals surface area contributed by atoms with Crippen molar-refractivity contribution in [2.24, 2.45) is 17.0 Å². The minimum Gasteiger partial charge on any atom is -0.459 e. The molecule has 164 valence electrons. The van der Waals surface area contributed by atoms with Crippen molar-refractivity contribution in [3.63, 3.8) is 0 Å². The minimum atomic E-state index is -0.611. The van der Waals surface area contributed by atoms with E-state index >= 15 is 0 Å². The number of amides is 2. The second-order valence-electron chi connectivity index (χ2n) is 6.89. The third-order valence-electron chi connectivity index (χ3n) is 4.74. The van der Waals surface area contributed by atoms with Crippen LogP contribution in [0.5, 0.6) is 0 Å². The summed E-state index contributed by atoms with van der Waals surface area (Å²) < 4.78 is 19.5. The molecule has 1 fully saturated rings. The van der Waals surface area contributed by atoms with E-state index in [0.717, 1.165) is 0 Å². The van der Waals surface area contributed by atoms with Crippen LogP contribution in [0.3, 0.4) is 0 Å². The van der Waals surface area contributed by atoms with Crippen LogP contribution in [0.4, 0.5) is 0 Å². The Hall–Kier alpha value is -2.01. The van der Waals surface area contributed by atoms with Gasteiger partial charge in [-0.25, -0.2) is 0 Å². The molecule has 2 N–H and O–H groups in total. The Morgan fingerprint density at radius 1 is 1.21 bits per heavy atom. The topological polar surface area (TPSA) is 152 Å². The maximum Gasteiger partial charge on any atom is 0.303 e. The molecule has 12 heteroatoms. The smallest absolute Gasteiger partial charge is 0.303 e. The van der Waals surface area contributed by atoms with Crippen LogP contribution in [-0.4, -0.2) is 56.0 Å². The lowest BCUT2D eigenvalue weighted by atomic mass is 9.84. The van der Waals surface area contributed by atoms with E-state index in [-0.39, 0.29) is 30.8 Å². The molecule has 0 aliphatic carbocycles. The minimum absolute atomic E-state index is 0.0600. The summed E-state index contributed by atoms with van der Waals surface area (Å²) in [5.74, 6) is -1.18. The Labute approximate surface area is 175 Å². The number of hydrogen-bond acceptors (Lipinski definition) is 8. The number of carbonyl (C=O) groups is 3. The van der Waals surface area contributed by atoms with Crippen molar-refractivity contribution in [1.82, 2.24) is 10.0 Å². The highest BCUT2D eigenvalue weighted by Gasteiger charge is 2.43. The highest BCUT2D eigenvalue weighted by molar-refractivity contribution is 7.78. The van der Waals surface area contributed by atoms with Crippen molar-refractivity contribution >= 4 is 30.6 Å². The maximum atomic E-state index is 11.7. The SMILES string of the molecule is CC(=O)O[C@H]1C(CNC(=O)CN=[N+]=[N-])OC(OCCCCC(=O)NS)C(C)[C@H]1C. The Morgan fingerprint density at radius 3 is 2.55 bits per heavy atom. The highest BCUT2D eigenvalue weighted by Crippen LogP contribution is 2.33. The number of esters is 1. The standard InChI is InChI=1S/C17H29N5O6S/c1-10-11(2)17(26-7-5-4-6-14(24)21-29)28-13(16(10)27-12(3)23)8-19-15(25)9-20-22-18/h10-11,13,16-17,29H,4-9H2,1-3H3,(H,19,25)(H,21,24)/t10-,11?,13?,16-,17?/m1/s1. The number of hydrogen-bond donors (Lipinski definition) is 3. The van der Waals surface area contributed by atoms with Crippen molar-refractivity contribution < 1.29 is 28.6 Å². The Balaban J connectivity index is 2.65. The van der Waals surface area contributed by atoms with Crippen molar-refractivity contribution in [3.8, 4) is 0 Å². The lowest BCUT2D eigenvalue weighted by Crippen LogP contribution is -2.55. The molecule has 1 saturated heterocycles. The average Bonchev–Trinajstić information content (AvgIpc) is 2.69. The van der Waals surface area contributed by atoms with E-state index in [0.29, 0.717) is 25.9 Å². The molecule has 0 aromatic carbocycles. The van der Waals surface area contributed by atoms with E-state index in [9.17, 15) is 14.4 Å². The van der Waals surface area contributed by atoms with Crippen LogP contribution in [0.25, 0.3) is 10.4 Å². The fourth-order valence-electron chi connectivity index (χ4n) is 3.00. The van der Waals surface area contributed by atoms with Gasteiger partial charge in [0.15, 0.2) is 6.29 Å². The normalized spacial score (nSPS) is 26.1. The van der Waals surface area contributed by atoms with Crippen molar-refractivity contribution in [2.75, 3.05) is 19.7 Å². The van der Waals surface area contributed by atoms with E-state index in [4.69, 9.17) is 19.7 Å². The number of nitrogens with zero attached hydrogens (tertiary/aromatic N) is 3. The molecule has 0 aromatic heterocycles. The van der Waals surface area contributed by atoms with Gasteiger partial charge < -0.3 is 24.2 Å². The second kappa shape index (κ2) is 13.3. The van der Waals surface area contributed by atoms with Crippen LogP contribution >= 0.6 is 12.8 Å². The maximum absolute atomic E-state index is 11.7. The summed E-state index contributed by atoms with van der Waals surface area (Å²) in [6.07, 6.45) is -0.0318. The first kappa shape index (κ1) is 25.0. The van der Waals surface area contributed by atoms with E-state index in [1.54, 1.807) is 0 Å². The molecule has 29 heavy (non-hydrogen) atoms. The van der Waals surface area contributed by atoms with Gasteiger partial charge in [-0.15, -0.1) is 0 Å². The number of unbranched alkanes of at least 4 members (excludes halogenated alkanes) is 1. The highest BCUT2D eigenvalue weighted by atomic mass is 32.1. The molecule has 1 aliphatic rings. The fourth-order valence-corrected chi connectivity index (χ4v) is 3.11. The molecule has 0 bridgehead atoms. The van der Waals surface area contributed by atoms with E-state index in [1.807, 2.05) is 13.8 Å². The summed E-state index contributed by atoms with van der Waals surface area (Å²) >= 11 is 3.70. The number of thiol groups is 1. The van der Waals surface area contributed by atoms with Crippen LogP contribution in [0.2, 0.25) is 0 Å². The number of carbonyl (C=O) groups excluding carboxylic acids is 3. The summed E-state index contributed by atoms with van der Waals surface area (Å²) in [4.78, 5) is 36.9. The van der Waals surface area contributed by atoms with E-state index < -0.39 is 30.4 Å². The van der Waals surface area contributed by atoms with Gasteiger partial charge in [-0.05, 0) is 18.4 Å². The fraction of sp³-hybridized carbons (Fsp3) is 0.824. The third-order valence-corrected chi connectivity index (χ3v) is 4.99. The van der Waals surface area contributed by atoms with Gasteiger partial charge in [0.25, 0.3) is 0 Å².